The maximum absolute atomic E-state index is 14.4. The quantitative estimate of drug-likeness (QED) is 0.687. The summed E-state index contributed by atoms with van der Waals surface area (Å²) in [5.41, 5.74) is 0.643. The molecule has 0 aromatic heterocycles. The van der Waals surface area contributed by atoms with Crippen molar-refractivity contribution in [1.29, 1.82) is 0 Å². The molecule has 2 aromatic rings. The van der Waals surface area contributed by atoms with E-state index < -0.39 is 35.6 Å². The summed E-state index contributed by atoms with van der Waals surface area (Å²) < 4.78 is 46.8. The molecule has 0 N–H and O–H groups in total. The van der Waals surface area contributed by atoms with Gasteiger partial charge in [0, 0.05) is 12.1 Å². The second kappa shape index (κ2) is 9.44. The topological polar surface area (TPSA) is 29.5 Å². The molecule has 1 heterocycles. The number of carbonyl (C=O) groups is 1. The molecule has 2 unspecified atom stereocenters. The van der Waals surface area contributed by atoms with Crippen LogP contribution >= 0.6 is 0 Å². The summed E-state index contributed by atoms with van der Waals surface area (Å²) in [6.07, 6.45) is -0.395. The Kier molecular flexibility index (Phi) is 7.28. The van der Waals surface area contributed by atoms with Crippen LogP contribution in [0.25, 0.3) is 0 Å². The SMILES string of the molecule is CC.CCCN1CC(C(c2ccc(F)cc2)c2cccc(F)c2F)OC1=O. The predicted molar refractivity (Wildman–Crippen MR) is 98.1 cm³/mol. The Morgan fingerprint density at radius 1 is 1.11 bits per heavy atom. The number of ether oxygens (including phenoxy) is 1. The first-order chi connectivity index (χ1) is 13.0. The van der Waals surface area contributed by atoms with Gasteiger partial charge in [-0.05, 0) is 30.2 Å². The van der Waals surface area contributed by atoms with Crippen molar-refractivity contribution >= 4 is 6.09 Å². The summed E-state index contributed by atoms with van der Waals surface area (Å²) in [5, 5.41) is 0. The lowest BCUT2D eigenvalue weighted by Gasteiger charge is -2.23. The molecule has 3 rings (SSSR count). The zero-order valence-electron chi connectivity index (χ0n) is 15.7. The molecule has 1 fully saturated rings. The maximum atomic E-state index is 14.4. The van der Waals surface area contributed by atoms with E-state index in [0.29, 0.717) is 12.1 Å². The predicted octanol–water partition coefficient (Wildman–Crippen LogP) is 5.49. The lowest BCUT2D eigenvalue weighted by molar-refractivity contribution is 0.125. The largest absolute Gasteiger partial charge is 0.443 e. The van der Waals surface area contributed by atoms with Gasteiger partial charge in [0.15, 0.2) is 11.6 Å². The lowest BCUT2D eigenvalue weighted by Crippen LogP contribution is -2.28. The molecule has 0 bridgehead atoms. The molecular formula is C21H24F3NO2. The van der Waals surface area contributed by atoms with Gasteiger partial charge in [0.2, 0.25) is 0 Å². The Labute approximate surface area is 157 Å². The van der Waals surface area contributed by atoms with Gasteiger partial charge in [-0.2, -0.15) is 0 Å². The van der Waals surface area contributed by atoms with Gasteiger partial charge in [0.05, 0.1) is 12.5 Å². The minimum Gasteiger partial charge on any atom is -0.443 e. The van der Waals surface area contributed by atoms with Gasteiger partial charge in [-0.15, -0.1) is 0 Å². The van der Waals surface area contributed by atoms with E-state index in [1.54, 1.807) is 4.90 Å². The number of benzene rings is 2. The highest BCUT2D eigenvalue weighted by Gasteiger charge is 2.39. The number of hydrogen-bond donors (Lipinski definition) is 0. The van der Waals surface area contributed by atoms with Crippen molar-refractivity contribution in [2.75, 3.05) is 13.1 Å². The standard InChI is InChI=1S/C19H18F3NO2.C2H6/c1-2-10-23-11-16(25-19(23)24)17(12-6-8-13(20)9-7-12)14-4-3-5-15(21)18(14)22;1-2/h3-9,16-17H,2,10-11H2,1H3;1-2H3. The fourth-order valence-corrected chi connectivity index (χ4v) is 3.18. The van der Waals surface area contributed by atoms with E-state index in [2.05, 4.69) is 0 Å². The molecule has 0 spiro atoms. The molecule has 146 valence electrons. The molecule has 3 nitrogen and oxygen atoms in total. The molecule has 2 aromatic carbocycles. The maximum Gasteiger partial charge on any atom is 0.410 e. The molecule has 6 heteroatoms. The highest BCUT2D eigenvalue weighted by Crippen LogP contribution is 2.35. The van der Waals surface area contributed by atoms with Crippen LogP contribution in [0.2, 0.25) is 0 Å². The van der Waals surface area contributed by atoms with Crippen LogP contribution in [0.3, 0.4) is 0 Å². The molecule has 0 saturated carbocycles. The number of rotatable bonds is 5. The molecule has 1 aliphatic heterocycles. The average Bonchev–Trinajstić information content (AvgIpc) is 3.03. The average molecular weight is 379 g/mol. The van der Waals surface area contributed by atoms with Crippen LogP contribution in [-0.2, 0) is 4.74 Å². The van der Waals surface area contributed by atoms with Crippen LogP contribution in [0.15, 0.2) is 42.5 Å². The van der Waals surface area contributed by atoms with Gasteiger partial charge in [-0.3, -0.25) is 0 Å². The Morgan fingerprint density at radius 3 is 2.41 bits per heavy atom. The Hall–Kier alpha value is -2.50. The summed E-state index contributed by atoms with van der Waals surface area (Å²) in [6, 6.07) is 9.40. The summed E-state index contributed by atoms with van der Waals surface area (Å²) in [6.45, 7) is 6.73. The first kappa shape index (κ1) is 20.8. The third-order valence-corrected chi connectivity index (χ3v) is 4.32. The van der Waals surface area contributed by atoms with E-state index in [1.165, 1.54) is 36.4 Å². The van der Waals surface area contributed by atoms with Gasteiger partial charge in [-0.1, -0.05) is 45.0 Å². The van der Waals surface area contributed by atoms with Crippen molar-refractivity contribution in [1.82, 2.24) is 4.90 Å². The first-order valence-corrected chi connectivity index (χ1v) is 9.16. The van der Waals surface area contributed by atoms with Crippen LogP contribution in [0, 0.1) is 17.5 Å². The number of carbonyl (C=O) groups excluding carboxylic acids is 1. The number of halogens is 3. The van der Waals surface area contributed by atoms with Gasteiger partial charge < -0.3 is 9.64 Å². The zero-order chi connectivity index (χ0) is 20.0. The van der Waals surface area contributed by atoms with Crippen LogP contribution in [0.1, 0.15) is 44.2 Å². The van der Waals surface area contributed by atoms with E-state index in [0.717, 1.165) is 12.5 Å². The van der Waals surface area contributed by atoms with Crippen molar-refractivity contribution in [3.63, 3.8) is 0 Å². The van der Waals surface area contributed by atoms with Crippen LogP contribution in [0.4, 0.5) is 18.0 Å². The first-order valence-electron chi connectivity index (χ1n) is 9.16. The zero-order valence-corrected chi connectivity index (χ0v) is 15.7. The molecule has 2 atom stereocenters. The Bertz CT molecular complexity index is 765. The third kappa shape index (κ3) is 4.62. The fourth-order valence-electron chi connectivity index (χ4n) is 3.18. The van der Waals surface area contributed by atoms with E-state index in [9.17, 15) is 18.0 Å². The molecule has 1 aliphatic rings. The van der Waals surface area contributed by atoms with Crippen LogP contribution < -0.4 is 0 Å². The number of cyclic esters (lactones) is 1. The minimum absolute atomic E-state index is 0.0859. The van der Waals surface area contributed by atoms with Crippen molar-refractivity contribution in [2.24, 2.45) is 0 Å². The fraction of sp³-hybridized carbons (Fsp3) is 0.381. The van der Waals surface area contributed by atoms with E-state index in [-0.39, 0.29) is 12.1 Å². The van der Waals surface area contributed by atoms with Crippen LogP contribution in [0.5, 0.6) is 0 Å². The molecule has 27 heavy (non-hydrogen) atoms. The summed E-state index contributed by atoms with van der Waals surface area (Å²) in [7, 11) is 0. The van der Waals surface area contributed by atoms with Gasteiger partial charge in [0.1, 0.15) is 11.9 Å². The molecule has 0 radical (unpaired) electrons. The minimum atomic E-state index is -0.984. The van der Waals surface area contributed by atoms with Crippen LogP contribution in [-0.4, -0.2) is 30.2 Å². The molecular weight excluding hydrogens is 355 g/mol. The summed E-state index contributed by atoms with van der Waals surface area (Å²) in [5.74, 6) is -3.11. The molecule has 1 saturated heterocycles. The second-order valence-electron chi connectivity index (χ2n) is 6.04. The monoisotopic (exact) mass is 379 g/mol. The van der Waals surface area contributed by atoms with E-state index >= 15 is 0 Å². The van der Waals surface area contributed by atoms with Crippen molar-refractivity contribution in [2.45, 2.75) is 39.2 Å². The van der Waals surface area contributed by atoms with Gasteiger partial charge >= 0.3 is 6.09 Å². The smallest absolute Gasteiger partial charge is 0.410 e. The number of nitrogens with zero attached hydrogens (tertiary/aromatic N) is 1. The van der Waals surface area contributed by atoms with E-state index in [1.807, 2.05) is 20.8 Å². The van der Waals surface area contributed by atoms with Crippen molar-refractivity contribution in [3.8, 4) is 0 Å². The normalized spacial score (nSPS) is 17.2. The lowest BCUT2D eigenvalue weighted by atomic mass is 9.86. The van der Waals surface area contributed by atoms with Crippen molar-refractivity contribution < 1.29 is 22.7 Å². The second-order valence-corrected chi connectivity index (χ2v) is 6.04. The Morgan fingerprint density at radius 2 is 1.78 bits per heavy atom. The summed E-state index contributed by atoms with van der Waals surface area (Å²) >= 11 is 0. The molecule has 0 aliphatic carbocycles. The summed E-state index contributed by atoms with van der Waals surface area (Å²) in [4.78, 5) is 13.6. The molecule has 1 amide bonds. The number of amides is 1. The van der Waals surface area contributed by atoms with E-state index in [4.69, 9.17) is 4.74 Å². The highest BCUT2D eigenvalue weighted by atomic mass is 19.2. The Balaban J connectivity index is 0.00000126. The van der Waals surface area contributed by atoms with Crippen molar-refractivity contribution in [3.05, 3.63) is 71.0 Å². The van der Waals surface area contributed by atoms with Gasteiger partial charge in [-0.25, -0.2) is 18.0 Å². The number of hydrogen-bond acceptors (Lipinski definition) is 2. The van der Waals surface area contributed by atoms with Gasteiger partial charge in [0.25, 0.3) is 0 Å². The third-order valence-electron chi connectivity index (χ3n) is 4.32. The highest BCUT2D eigenvalue weighted by molar-refractivity contribution is 5.70.